The lowest BCUT2D eigenvalue weighted by Gasteiger charge is -2.10. The van der Waals surface area contributed by atoms with Crippen LogP contribution in [0.25, 0.3) is 27.8 Å². The number of fused-ring (bicyclic) bond motifs is 1. The Labute approximate surface area is 150 Å². The SMILES string of the molecule is Cc1cccc(-c2c3c(=O)n(C)c(=O)n(C)c3cn2-c2ccccc2)c1. The van der Waals surface area contributed by atoms with Crippen molar-refractivity contribution < 1.29 is 0 Å². The molecule has 130 valence electrons. The summed E-state index contributed by atoms with van der Waals surface area (Å²) in [6.45, 7) is 2.02. The average molecular weight is 345 g/mol. The van der Waals surface area contributed by atoms with Gasteiger partial charge in [-0.2, -0.15) is 0 Å². The molecule has 0 aliphatic heterocycles. The summed E-state index contributed by atoms with van der Waals surface area (Å²) in [6.07, 6.45) is 1.87. The van der Waals surface area contributed by atoms with Crippen LogP contribution < -0.4 is 11.2 Å². The van der Waals surface area contributed by atoms with Gasteiger partial charge in [0.15, 0.2) is 0 Å². The van der Waals surface area contributed by atoms with Gasteiger partial charge in [0.05, 0.1) is 16.6 Å². The van der Waals surface area contributed by atoms with Crippen LogP contribution in [0.1, 0.15) is 5.56 Å². The molecule has 0 fully saturated rings. The average Bonchev–Trinajstić information content (AvgIpc) is 3.06. The van der Waals surface area contributed by atoms with Crippen LogP contribution in [0.3, 0.4) is 0 Å². The molecule has 0 saturated carbocycles. The third kappa shape index (κ3) is 2.32. The number of hydrogen-bond donors (Lipinski definition) is 0. The Hall–Kier alpha value is -3.34. The van der Waals surface area contributed by atoms with Gasteiger partial charge in [0.2, 0.25) is 0 Å². The molecule has 5 nitrogen and oxygen atoms in total. The Balaban J connectivity index is 2.23. The molecule has 0 aliphatic carbocycles. The Morgan fingerprint density at radius 1 is 0.846 bits per heavy atom. The molecule has 5 heteroatoms. The predicted molar refractivity (Wildman–Crippen MR) is 104 cm³/mol. The van der Waals surface area contributed by atoms with Crippen LogP contribution in [0.15, 0.2) is 70.4 Å². The van der Waals surface area contributed by atoms with Gasteiger partial charge in [-0.1, -0.05) is 42.0 Å². The summed E-state index contributed by atoms with van der Waals surface area (Å²) in [5, 5.41) is 0.545. The molecule has 2 heterocycles. The van der Waals surface area contributed by atoms with Crippen LogP contribution in [-0.2, 0) is 14.1 Å². The van der Waals surface area contributed by atoms with Gasteiger partial charge >= 0.3 is 5.69 Å². The summed E-state index contributed by atoms with van der Waals surface area (Å²) < 4.78 is 4.67. The summed E-state index contributed by atoms with van der Waals surface area (Å²) in [4.78, 5) is 25.3. The molecule has 0 unspecified atom stereocenters. The quantitative estimate of drug-likeness (QED) is 0.561. The maximum atomic E-state index is 13.0. The highest BCUT2D eigenvalue weighted by atomic mass is 16.2. The molecular formula is C21H19N3O2. The second-order valence-electron chi connectivity index (χ2n) is 6.52. The van der Waals surface area contributed by atoms with Gasteiger partial charge in [0.1, 0.15) is 0 Å². The van der Waals surface area contributed by atoms with E-state index in [4.69, 9.17) is 0 Å². The lowest BCUT2D eigenvalue weighted by Crippen LogP contribution is -2.36. The van der Waals surface area contributed by atoms with E-state index in [2.05, 4.69) is 6.07 Å². The fourth-order valence-corrected chi connectivity index (χ4v) is 3.41. The van der Waals surface area contributed by atoms with E-state index in [0.29, 0.717) is 10.9 Å². The summed E-state index contributed by atoms with van der Waals surface area (Å²) in [5.41, 5.74) is 3.80. The number of hydrogen-bond acceptors (Lipinski definition) is 2. The molecule has 0 atom stereocenters. The first-order chi connectivity index (χ1) is 12.5. The van der Waals surface area contributed by atoms with Gasteiger partial charge in [-0.3, -0.25) is 13.9 Å². The van der Waals surface area contributed by atoms with Crippen LogP contribution in [0, 0.1) is 6.92 Å². The second-order valence-corrected chi connectivity index (χ2v) is 6.52. The number of rotatable bonds is 2. The minimum atomic E-state index is -0.330. The topological polar surface area (TPSA) is 48.9 Å². The summed E-state index contributed by atoms with van der Waals surface area (Å²) in [5.74, 6) is 0. The van der Waals surface area contributed by atoms with E-state index in [9.17, 15) is 9.59 Å². The van der Waals surface area contributed by atoms with E-state index in [-0.39, 0.29) is 11.2 Å². The Kier molecular flexibility index (Phi) is 3.65. The van der Waals surface area contributed by atoms with E-state index < -0.39 is 0 Å². The van der Waals surface area contributed by atoms with Crippen molar-refractivity contribution in [2.24, 2.45) is 14.1 Å². The zero-order valence-corrected chi connectivity index (χ0v) is 14.9. The predicted octanol–water partition coefficient (Wildman–Crippen LogP) is 3.00. The molecule has 4 rings (SSSR count). The fraction of sp³-hybridized carbons (Fsp3) is 0.143. The van der Waals surface area contributed by atoms with Crippen molar-refractivity contribution in [3.05, 3.63) is 87.2 Å². The van der Waals surface area contributed by atoms with E-state index in [1.54, 1.807) is 7.05 Å². The van der Waals surface area contributed by atoms with E-state index in [1.165, 1.54) is 11.6 Å². The third-order valence-corrected chi connectivity index (χ3v) is 4.76. The van der Waals surface area contributed by atoms with Gasteiger partial charge in [-0.15, -0.1) is 0 Å². The standard InChI is InChI=1S/C21H19N3O2/c1-14-8-7-9-15(12-14)19-18-17(22(2)21(26)23(3)20(18)25)13-24(19)16-10-5-4-6-11-16/h4-13H,1-3H3. The van der Waals surface area contributed by atoms with Gasteiger partial charge in [-0.25, -0.2) is 4.79 Å². The lowest BCUT2D eigenvalue weighted by molar-refractivity contribution is 0.714. The van der Waals surface area contributed by atoms with Crippen molar-refractivity contribution in [1.29, 1.82) is 0 Å². The van der Waals surface area contributed by atoms with Crippen molar-refractivity contribution in [2.75, 3.05) is 0 Å². The third-order valence-electron chi connectivity index (χ3n) is 4.76. The van der Waals surface area contributed by atoms with Gasteiger partial charge in [0.25, 0.3) is 5.56 Å². The zero-order chi connectivity index (χ0) is 18.4. The van der Waals surface area contributed by atoms with Gasteiger partial charge in [0, 0.05) is 26.0 Å². The molecule has 0 radical (unpaired) electrons. The number of aromatic nitrogens is 3. The largest absolute Gasteiger partial charge is 0.330 e. The molecule has 0 aliphatic rings. The number of aryl methyl sites for hydroxylation is 2. The summed E-state index contributed by atoms with van der Waals surface area (Å²) in [7, 11) is 3.21. The smallest absolute Gasteiger partial charge is 0.314 e. The minimum Gasteiger partial charge on any atom is -0.314 e. The Morgan fingerprint density at radius 2 is 1.58 bits per heavy atom. The first-order valence-corrected chi connectivity index (χ1v) is 8.42. The van der Waals surface area contributed by atoms with Crippen LogP contribution in [0.5, 0.6) is 0 Å². The first kappa shape index (κ1) is 16.1. The number of para-hydroxylation sites is 1. The van der Waals surface area contributed by atoms with Crippen molar-refractivity contribution in [2.45, 2.75) is 6.92 Å². The molecule has 26 heavy (non-hydrogen) atoms. The monoisotopic (exact) mass is 345 g/mol. The van der Waals surface area contributed by atoms with Gasteiger partial charge < -0.3 is 4.57 Å². The van der Waals surface area contributed by atoms with Crippen LogP contribution >= 0.6 is 0 Å². The highest BCUT2D eigenvalue weighted by Crippen LogP contribution is 2.31. The van der Waals surface area contributed by atoms with Crippen LogP contribution in [-0.4, -0.2) is 13.7 Å². The van der Waals surface area contributed by atoms with Gasteiger partial charge in [-0.05, 0) is 30.7 Å². The summed E-state index contributed by atoms with van der Waals surface area (Å²) in [6, 6.07) is 17.9. The number of nitrogens with zero attached hydrogens (tertiary/aromatic N) is 3. The van der Waals surface area contributed by atoms with E-state index in [0.717, 1.165) is 27.1 Å². The fourth-order valence-electron chi connectivity index (χ4n) is 3.41. The first-order valence-electron chi connectivity index (χ1n) is 8.42. The molecule has 0 spiro atoms. The normalized spacial score (nSPS) is 11.2. The number of benzene rings is 2. The maximum absolute atomic E-state index is 13.0. The molecule has 0 bridgehead atoms. The van der Waals surface area contributed by atoms with Crippen molar-refractivity contribution in [3.8, 4) is 16.9 Å². The highest BCUT2D eigenvalue weighted by molar-refractivity contribution is 5.94. The molecule has 0 N–H and O–H groups in total. The molecule has 2 aromatic carbocycles. The van der Waals surface area contributed by atoms with Crippen molar-refractivity contribution >= 4 is 10.9 Å². The maximum Gasteiger partial charge on any atom is 0.330 e. The summed E-state index contributed by atoms with van der Waals surface area (Å²) >= 11 is 0. The van der Waals surface area contributed by atoms with Crippen LogP contribution in [0.4, 0.5) is 0 Å². The second kappa shape index (κ2) is 5.88. The molecule has 2 aromatic heterocycles. The molecule has 4 aromatic rings. The minimum absolute atomic E-state index is 0.283. The Bertz CT molecular complexity index is 1240. The van der Waals surface area contributed by atoms with Crippen LogP contribution in [0.2, 0.25) is 0 Å². The van der Waals surface area contributed by atoms with E-state index in [1.807, 2.05) is 66.2 Å². The lowest BCUT2D eigenvalue weighted by atomic mass is 10.1. The molecule has 0 amide bonds. The highest BCUT2D eigenvalue weighted by Gasteiger charge is 2.20. The van der Waals surface area contributed by atoms with Crippen molar-refractivity contribution in [1.82, 2.24) is 13.7 Å². The molecule has 0 saturated heterocycles. The zero-order valence-electron chi connectivity index (χ0n) is 14.9. The Morgan fingerprint density at radius 3 is 2.27 bits per heavy atom. The van der Waals surface area contributed by atoms with Crippen molar-refractivity contribution in [3.63, 3.8) is 0 Å². The molecular weight excluding hydrogens is 326 g/mol. The van der Waals surface area contributed by atoms with E-state index >= 15 is 0 Å².